The van der Waals surface area contributed by atoms with Gasteiger partial charge in [0.15, 0.2) is 14.7 Å². The first-order valence-electron chi connectivity index (χ1n) is 5.44. The Morgan fingerprint density at radius 2 is 1.67 bits per heavy atom. The Bertz CT molecular complexity index is 740. The van der Waals surface area contributed by atoms with Crippen LogP contribution >= 0.6 is 0 Å². The van der Waals surface area contributed by atoms with Gasteiger partial charge in [0.2, 0.25) is 0 Å². The molecule has 0 aliphatic rings. The number of nitro groups is 1. The zero-order valence-corrected chi connectivity index (χ0v) is 12.8. The number of rotatable bonds is 6. The quantitative estimate of drug-likeness (QED) is 0.423. The Balaban J connectivity index is 3.28. The molecule has 2 N–H and O–H groups in total. The predicted octanol–water partition coefficient (Wildman–Crippen LogP) is -0.273. The summed E-state index contributed by atoms with van der Waals surface area (Å²) in [6, 6.07) is 4.43. The zero-order valence-electron chi connectivity index (χ0n) is 11.2. The van der Waals surface area contributed by atoms with Crippen molar-refractivity contribution in [3.8, 4) is 0 Å². The van der Waals surface area contributed by atoms with Crippen molar-refractivity contribution in [3.05, 3.63) is 39.9 Å². The Labute approximate surface area is 121 Å². The van der Waals surface area contributed by atoms with Crippen LogP contribution in [0.4, 0.5) is 5.69 Å². The summed E-state index contributed by atoms with van der Waals surface area (Å²) in [6.45, 7) is -0.831. The Morgan fingerprint density at radius 3 is 2.00 bits per heavy atom. The molecule has 0 saturated heterocycles. The number of nitro benzene ring substituents is 1. The standard InChI is InChI=1S/C10H14N2O7S2/c1-20(15,16)10(11,7-19-21(2,17)18)8-3-5-9(6-4-8)12(13)14/h3-6H,7,11H2,1-2H3. The highest BCUT2D eigenvalue weighted by molar-refractivity contribution is 7.91. The van der Waals surface area contributed by atoms with Crippen LogP contribution in [0, 0.1) is 10.1 Å². The molecular formula is C10H14N2O7S2. The van der Waals surface area contributed by atoms with E-state index in [1.807, 2.05) is 0 Å². The highest BCUT2D eigenvalue weighted by Crippen LogP contribution is 2.27. The van der Waals surface area contributed by atoms with Gasteiger partial charge < -0.3 is 5.73 Å². The van der Waals surface area contributed by atoms with Gasteiger partial charge in [-0.05, 0) is 17.7 Å². The molecule has 118 valence electrons. The maximum Gasteiger partial charge on any atom is 0.269 e. The average Bonchev–Trinajstić information content (AvgIpc) is 2.33. The first-order valence-corrected chi connectivity index (χ1v) is 9.15. The molecule has 0 aromatic heterocycles. The molecule has 0 bridgehead atoms. The van der Waals surface area contributed by atoms with Crippen LogP contribution < -0.4 is 5.73 Å². The third-order valence-electron chi connectivity index (χ3n) is 2.72. The molecule has 1 rings (SSSR count). The lowest BCUT2D eigenvalue weighted by Gasteiger charge is -2.27. The van der Waals surface area contributed by atoms with Crippen molar-refractivity contribution in [3.63, 3.8) is 0 Å². The maximum atomic E-state index is 11.9. The van der Waals surface area contributed by atoms with Crippen LogP contribution in [0.2, 0.25) is 0 Å². The lowest BCUT2D eigenvalue weighted by molar-refractivity contribution is -0.384. The van der Waals surface area contributed by atoms with Crippen molar-refractivity contribution in [2.75, 3.05) is 19.1 Å². The number of hydrogen-bond donors (Lipinski definition) is 1. The van der Waals surface area contributed by atoms with E-state index in [0.29, 0.717) is 0 Å². The van der Waals surface area contributed by atoms with E-state index < -0.39 is 36.4 Å². The molecule has 1 aromatic rings. The fraction of sp³-hybridized carbons (Fsp3) is 0.400. The van der Waals surface area contributed by atoms with E-state index in [9.17, 15) is 26.9 Å². The summed E-state index contributed by atoms with van der Waals surface area (Å²) in [7, 11) is -7.85. The molecule has 0 saturated carbocycles. The molecule has 0 amide bonds. The molecule has 0 fully saturated rings. The van der Waals surface area contributed by atoms with Gasteiger partial charge in [0, 0.05) is 18.4 Å². The minimum Gasteiger partial charge on any atom is -0.307 e. The Morgan fingerprint density at radius 1 is 1.19 bits per heavy atom. The van der Waals surface area contributed by atoms with Crippen LogP contribution in [0.1, 0.15) is 5.56 Å². The van der Waals surface area contributed by atoms with Crippen LogP contribution in [-0.4, -0.2) is 40.9 Å². The average molecular weight is 338 g/mol. The van der Waals surface area contributed by atoms with Crippen molar-refractivity contribution in [2.24, 2.45) is 5.73 Å². The van der Waals surface area contributed by atoms with Crippen LogP contribution in [-0.2, 0) is 29.0 Å². The molecule has 1 atom stereocenters. The molecule has 0 aliphatic heterocycles. The molecule has 0 heterocycles. The summed E-state index contributed by atoms with van der Waals surface area (Å²) in [5.74, 6) is 0. The molecule has 11 heteroatoms. The van der Waals surface area contributed by atoms with Gasteiger partial charge in [-0.1, -0.05) is 0 Å². The Hall–Kier alpha value is -1.56. The summed E-state index contributed by atoms with van der Waals surface area (Å²) < 4.78 is 50.2. The van der Waals surface area contributed by atoms with Crippen molar-refractivity contribution in [1.29, 1.82) is 0 Å². The maximum absolute atomic E-state index is 11.9. The lowest BCUT2D eigenvalue weighted by atomic mass is 10.1. The van der Waals surface area contributed by atoms with E-state index in [1.165, 1.54) is 0 Å². The molecule has 1 aromatic carbocycles. The predicted molar refractivity (Wildman–Crippen MR) is 74.6 cm³/mol. The minimum atomic E-state index is -3.95. The van der Waals surface area contributed by atoms with E-state index in [-0.39, 0.29) is 11.3 Å². The van der Waals surface area contributed by atoms with Gasteiger partial charge in [-0.3, -0.25) is 14.3 Å². The van der Waals surface area contributed by atoms with Crippen molar-refractivity contribution < 1.29 is 25.9 Å². The van der Waals surface area contributed by atoms with Crippen molar-refractivity contribution in [2.45, 2.75) is 4.87 Å². The minimum absolute atomic E-state index is 0.0146. The summed E-state index contributed by atoms with van der Waals surface area (Å²) >= 11 is 0. The fourth-order valence-corrected chi connectivity index (χ4v) is 2.78. The van der Waals surface area contributed by atoms with Crippen LogP contribution in [0.5, 0.6) is 0 Å². The smallest absolute Gasteiger partial charge is 0.269 e. The molecule has 0 radical (unpaired) electrons. The number of nitrogens with two attached hydrogens (primary N) is 1. The van der Waals surface area contributed by atoms with Crippen molar-refractivity contribution >= 4 is 25.6 Å². The highest BCUT2D eigenvalue weighted by atomic mass is 32.2. The summed E-state index contributed by atoms with van der Waals surface area (Å²) in [5, 5.41) is 10.6. The fourth-order valence-electron chi connectivity index (χ4n) is 1.46. The zero-order chi connectivity index (χ0) is 16.5. The molecule has 9 nitrogen and oxygen atoms in total. The molecule has 1 unspecified atom stereocenters. The highest BCUT2D eigenvalue weighted by Gasteiger charge is 2.40. The van der Waals surface area contributed by atoms with E-state index >= 15 is 0 Å². The third-order valence-corrected chi connectivity index (χ3v) is 4.94. The van der Waals surface area contributed by atoms with E-state index in [2.05, 4.69) is 4.18 Å². The summed E-state index contributed by atoms with van der Waals surface area (Å²) in [4.78, 5) is 7.78. The molecular weight excluding hydrogens is 324 g/mol. The second-order valence-corrected chi connectivity index (χ2v) is 8.35. The first-order chi connectivity index (χ1) is 9.37. The molecule has 0 aliphatic carbocycles. The van der Waals surface area contributed by atoms with Gasteiger partial charge in [0.05, 0.1) is 11.2 Å². The largest absolute Gasteiger partial charge is 0.307 e. The summed E-state index contributed by atoms with van der Waals surface area (Å²) in [5.41, 5.74) is 5.52. The van der Waals surface area contributed by atoms with Crippen LogP contribution in [0.3, 0.4) is 0 Å². The molecule has 21 heavy (non-hydrogen) atoms. The number of hydrogen-bond acceptors (Lipinski definition) is 8. The van der Waals surface area contributed by atoms with E-state index in [1.54, 1.807) is 0 Å². The number of benzene rings is 1. The van der Waals surface area contributed by atoms with Gasteiger partial charge in [-0.25, -0.2) is 8.42 Å². The van der Waals surface area contributed by atoms with Crippen LogP contribution in [0.15, 0.2) is 24.3 Å². The first kappa shape index (κ1) is 17.5. The van der Waals surface area contributed by atoms with Gasteiger partial charge in [0.1, 0.15) is 6.61 Å². The normalized spacial score (nSPS) is 15.4. The van der Waals surface area contributed by atoms with Gasteiger partial charge in [-0.15, -0.1) is 0 Å². The van der Waals surface area contributed by atoms with Gasteiger partial charge in [-0.2, -0.15) is 8.42 Å². The number of non-ortho nitro benzene ring substituents is 1. The number of sulfone groups is 1. The topological polar surface area (TPSA) is 147 Å². The lowest BCUT2D eigenvalue weighted by Crippen LogP contribution is -2.48. The third kappa shape index (κ3) is 4.20. The molecule has 0 spiro atoms. The monoisotopic (exact) mass is 338 g/mol. The second-order valence-electron chi connectivity index (χ2n) is 4.43. The SMILES string of the molecule is CS(=O)(=O)OCC(N)(c1ccc([N+](=O)[O-])cc1)S(C)(=O)=O. The van der Waals surface area contributed by atoms with Gasteiger partial charge in [0.25, 0.3) is 15.8 Å². The van der Waals surface area contributed by atoms with Gasteiger partial charge >= 0.3 is 0 Å². The van der Waals surface area contributed by atoms with Crippen molar-refractivity contribution in [1.82, 2.24) is 0 Å². The number of nitrogens with zero attached hydrogens (tertiary/aromatic N) is 1. The second kappa shape index (κ2) is 5.67. The Kier molecular flexibility index (Phi) is 4.73. The van der Waals surface area contributed by atoms with E-state index in [0.717, 1.165) is 36.8 Å². The van der Waals surface area contributed by atoms with Crippen LogP contribution in [0.25, 0.3) is 0 Å². The summed E-state index contributed by atoms with van der Waals surface area (Å²) in [6.07, 6.45) is 1.57. The van der Waals surface area contributed by atoms with E-state index in [4.69, 9.17) is 5.73 Å².